The Morgan fingerprint density at radius 1 is 0.902 bits per heavy atom. The molecule has 234 valence electrons. The minimum atomic E-state index is -0.870. The highest BCUT2D eigenvalue weighted by molar-refractivity contribution is 9.11. The van der Waals surface area contributed by atoms with Crippen LogP contribution in [-0.4, -0.2) is 54.3 Å². The molecule has 0 saturated carbocycles. The topological polar surface area (TPSA) is 84.8 Å². The summed E-state index contributed by atoms with van der Waals surface area (Å²) in [5.74, 6) is 2.76. The van der Waals surface area contributed by atoms with E-state index in [9.17, 15) is 0 Å². The highest BCUT2D eigenvalue weighted by atomic mass is 79.9. The normalized spacial score (nSPS) is 11.0. The molecule has 3 unspecified atom stereocenters. The summed E-state index contributed by atoms with van der Waals surface area (Å²) in [5.41, 5.74) is 1.74. The minimum absolute atomic E-state index is 0.0278. The largest absolute Gasteiger partial charge is 0.502 e. The second kappa shape index (κ2) is 27.8. The molecule has 0 heterocycles. The van der Waals surface area contributed by atoms with E-state index in [0.29, 0.717) is 24.7 Å². The van der Waals surface area contributed by atoms with Gasteiger partial charge in [0.05, 0.1) is 63.5 Å². The van der Waals surface area contributed by atoms with Crippen LogP contribution < -0.4 is 18.9 Å². The number of aliphatic hydroxyl groups excluding tert-OH is 1. The molecule has 0 amide bonds. The van der Waals surface area contributed by atoms with E-state index in [0.717, 1.165) is 51.0 Å². The summed E-state index contributed by atoms with van der Waals surface area (Å²) in [6.45, 7) is 10.4. The molecule has 0 radical (unpaired) electrons. The van der Waals surface area contributed by atoms with Gasteiger partial charge in [-0.05, 0) is 87.0 Å². The van der Waals surface area contributed by atoms with Crippen LogP contribution >= 0.6 is 47.8 Å². The second-order valence-electron chi connectivity index (χ2n) is 7.68. The summed E-state index contributed by atoms with van der Waals surface area (Å²) in [6, 6.07) is 7.34. The zero-order valence-corrected chi connectivity index (χ0v) is 30.9. The molecule has 8 nitrogen and oxygen atoms in total. The molecule has 41 heavy (non-hydrogen) atoms. The molecule has 2 aromatic carbocycles. The maximum atomic E-state index is 8.94. The highest BCUT2D eigenvalue weighted by Gasteiger charge is 2.11. The Kier molecular flexibility index (Phi) is 27.1. The fourth-order valence-electron chi connectivity index (χ4n) is 2.77. The van der Waals surface area contributed by atoms with Gasteiger partial charge in [0.1, 0.15) is 31.9 Å². The summed E-state index contributed by atoms with van der Waals surface area (Å²) in [6.07, 6.45) is 3.28. The van der Waals surface area contributed by atoms with Crippen LogP contribution in [-0.2, 0) is 39.2 Å². The first-order chi connectivity index (χ1) is 20.0. The van der Waals surface area contributed by atoms with Crippen molar-refractivity contribution in [3.63, 3.8) is 0 Å². The van der Waals surface area contributed by atoms with E-state index in [2.05, 4.69) is 73.0 Å². The Balaban J connectivity index is 0. The first-order valence-corrected chi connectivity index (χ1v) is 17.7. The summed E-state index contributed by atoms with van der Waals surface area (Å²) in [4.78, 5) is 0. The van der Waals surface area contributed by atoms with Gasteiger partial charge in [-0.1, -0.05) is 20.4 Å². The summed E-state index contributed by atoms with van der Waals surface area (Å²) in [5, 5.41) is 8.94. The van der Waals surface area contributed by atoms with Crippen molar-refractivity contribution in [1.82, 2.24) is 0 Å². The van der Waals surface area contributed by atoms with Crippen molar-refractivity contribution < 1.29 is 38.3 Å². The SMILES string of the molecule is C=COCCC.CCCOC(C)OCc1cc(OC)c(Br)c(OC)c1.COc1cc(CO)cc(OC)c1Br.[3H][P+](P)=S. The van der Waals surface area contributed by atoms with Crippen LogP contribution in [0.4, 0.5) is 0 Å². The first kappa shape index (κ1) is 40.0. The van der Waals surface area contributed by atoms with Gasteiger partial charge in [0, 0.05) is 6.61 Å². The quantitative estimate of drug-likeness (QED) is 0.0887. The predicted octanol–water partition coefficient (Wildman–Crippen LogP) is 8.19. The fraction of sp³-hybridized carbons (Fsp3) is 0.500. The summed E-state index contributed by atoms with van der Waals surface area (Å²) >= 11 is 11.1. The van der Waals surface area contributed by atoms with Crippen molar-refractivity contribution in [1.29, 1.82) is 1.28 Å². The lowest BCUT2D eigenvalue weighted by Gasteiger charge is -2.15. The Morgan fingerprint density at radius 2 is 1.29 bits per heavy atom. The van der Waals surface area contributed by atoms with Crippen LogP contribution in [0.3, 0.4) is 0 Å². The molecule has 0 aliphatic heterocycles. The van der Waals surface area contributed by atoms with Gasteiger partial charge in [0.15, 0.2) is 25.1 Å². The van der Waals surface area contributed by atoms with Gasteiger partial charge < -0.3 is 38.3 Å². The van der Waals surface area contributed by atoms with Crippen molar-refractivity contribution in [3.8, 4) is 23.0 Å². The zero-order chi connectivity index (χ0) is 32.5. The van der Waals surface area contributed by atoms with Gasteiger partial charge in [-0.25, -0.2) is 0 Å². The third-order valence-corrected chi connectivity index (χ3v) is 6.24. The molecule has 13 heteroatoms. The Labute approximate surface area is 272 Å². The number of methoxy groups -OCH3 is 4. The molecule has 0 aliphatic rings. The lowest BCUT2D eigenvalue weighted by molar-refractivity contribution is -0.137. The average molecular weight is 765 g/mol. The van der Waals surface area contributed by atoms with Crippen molar-refractivity contribution in [2.24, 2.45) is 0 Å². The standard InChI is InChI=1S/C14H21BrO4.C9H11BrO3.C5H10O.H2P2S/c1-5-6-18-10(2)19-9-11-7-12(16-3)14(15)13(8-11)17-4;1-12-7-3-6(5-11)4-8(13-2)9(7)10;1-3-5-6-4-2;1-2-3/h7-8,10H,5-6,9H2,1-4H3;3-4,11H,5H2,1-2H3;4H,2-3,5H2,1H3;1H2/p+1/i/hT. The molecular formula is C28H45Br2O8P2S+. The van der Waals surface area contributed by atoms with Gasteiger partial charge >= 0.3 is 1.28 Å². The van der Waals surface area contributed by atoms with E-state index < -0.39 is 6.99 Å². The molecule has 0 aliphatic carbocycles. The lowest BCUT2D eigenvalue weighted by Crippen LogP contribution is -2.13. The van der Waals surface area contributed by atoms with Crippen molar-refractivity contribution >= 4 is 59.6 Å². The number of rotatable bonds is 14. The first-order valence-electron chi connectivity index (χ1n) is 13.0. The molecule has 0 spiro atoms. The zero-order valence-electron chi connectivity index (χ0n) is 25.9. The number of halogens is 2. The molecule has 2 aromatic rings. The number of benzene rings is 2. The summed E-state index contributed by atoms with van der Waals surface area (Å²) in [7, 11) is 8.59. The molecule has 0 fully saturated rings. The maximum Gasteiger partial charge on any atom is 0.355 e. The Hall–Kier alpha value is -1.03. The average Bonchev–Trinajstić information content (AvgIpc) is 2.98. The van der Waals surface area contributed by atoms with Crippen LogP contribution in [0.25, 0.3) is 0 Å². The predicted molar refractivity (Wildman–Crippen MR) is 183 cm³/mol. The van der Waals surface area contributed by atoms with E-state index in [1.165, 1.54) is 6.26 Å². The van der Waals surface area contributed by atoms with Crippen LogP contribution in [0.1, 0.15) is 44.7 Å². The molecule has 3 atom stereocenters. The number of aliphatic hydroxyl groups is 1. The van der Waals surface area contributed by atoms with Crippen LogP contribution in [0.5, 0.6) is 23.0 Å². The van der Waals surface area contributed by atoms with E-state index in [4.69, 9.17) is 39.5 Å². The van der Waals surface area contributed by atoms with Gasteiger partial charge in [0.25, 0.3) is 0 Å². The van der Waals surface area contributed by atoms with Gasteiger partial charge in [-0.3, -0.25) is 0 Å². The third-order valence-electron chi connectivity index (χ3n) is 4.67. The number of hydrogen-bond donors (Lipinski definition) is 1. The molecule has 0 aromatic heterocycles. The summed E-state index contributed by atoms with van der Waals surface area (Å²) < 4.78 is 44.6. The Bertz CT molecular complexity index is 983. The van der Waals surface area contributed by atoms with Crippen molar-refractivity contribution in [2.75, 3.05) is 41.7 Å². The van der Waals surface area contributed by atoms with Crippen molar-refractivity contribution in [2.45, 2.75) is 53.1 Å². The minimum Gasteiger partial charge on any atom is -0.502 e. The van der Waals surface area contributed by atoms with Crippen LogP contribution in [0.2, 0.25) is 0 Å². The van der Waals surface area contributed by atoms with E-state index >= 15 is 0 Å². The monoisotopic (exact) mass is 763 g/mol. The van der Waals surface area contributed by atoms with Gasteiger partial charge in [0.2, 0.25) is 0 Å². The third kappa shape index (κ3) is 19.0. The van der Waals surface area contributed by atoms with Gasteiger partial charge in [-0.15, -0.1) is 0 Å². The highest BCUT2D eigenvalue weighted by Crippen LogP contribution is 2.36. The molecule has 0 saturated heterocycles. The fourth-order valence-corrected chi connectivity index (χ4v) is 3.87. The van der Waals surface area contributed by atoms with E-state index in [1.54, 1.807) is 40.6 Å². The van der Waals surface area contributed by atoms with Crippen molar-refractivity contribution in [3.05, 3.63) is 57.2 Å². The number of hydrogen-bond acceptors (Lipinski definition) is 9. The molecule has 2 rings (SSSR count). The second-order valence-corrected chi connectivity index (χ2v) is 12.0. The molecule has 0 bridgehead atoms. The van der Waals surface area contributed by atoms with Gasteiger partial charge in [-0.2, -0.15) is 0 Å². The van der Waals surface area contributed by atoms with Crippen LogP contribution in [0.15, 0.2) is 46.1 Å². The van der Waals surface area contributed by atoms with Crippen LogP contribution in [0, 0.1) is 0 Å². The number of ether oxygens (including phenoxy) is 7. The smallest absolute Gasteiger partial charge is 0.355 e. The van der Waals surface area contributed by atoms with E-state index in [-0.39, 0.29) is 12.9 Å². The van der Waals surface area contributed by atoms with E-state index in [1.807, 2.05) is 19.1 Å². The molecule has 1 N–H and O–H groups in total. The molecular weight excluding hydrogens is 718 g/mol. The Morgan fingerprint density at radius 3 is 1.59 bits per heavy atom. The lowest BCUT2D eigenvalue weighted by atomic mass is 10.2. The maximum absolute atomic E-state index is 8.94.